The molecule has 0 unspecified atom stereocenters. The fourth-order valence-electron chi connectivity index (χ4n) is 1.81. The molecule has 0 saturated heterocycles. The molecule has 18 heavy (non-hydrogen) atoms. The lowest BCUT2D eigenvalue weighted by molar-refractivity contribution is 0.0322. The summed E-state index contributed by atoms with van der Waals surface area (Å²) in [4.78, 5) is 6.46. The number of hydrogen-bond donors (Lipinski definition) is 1. The number of unbranched alkanes of at least 4 members (excludes halogenated alkanes) is 1. The van der Waals surface area contributed by atoms with Gasteiger partial charge < -0.3 is 9.63 Å². The largest absolute Gasteiger partial charge is 0.389 e. The van der Waals surface area contributed by atoms with Gasteiger partial charge in [-0.1, -0.05) is 25.4 Å². The number of aromatic nitrogens is 2. The van der Waals surface area contributed by atoms with Gasteiger partial charge in [0, 0.05) is 13.0 Å². The van der Waals surface area contributed by atoms with Gasteiger partial charge in [-0.25, -0.2) is 0 Å². The molecule has 0 spiro atoms. The summed E-state index contributed by atoms with van der Waals surface area (Å²) in [6, 6.07) is 0. The lowest BCUT2D eigenvalue weighted by Crippen LogP contribution is -2.38. The number of aryl methyl sites for hydroxylation is 1. The van der Waals surface area contributed by atoms with Crippen LogP contribution in [0.1, 0.15) is 52.3 Å². The maximum atomic E-state index is 9.81. The fourth-order valence-corrected chi connectivity index (χ4v) is 1.81. The molecule has 0 radical (unpaired) electrons. The van der Waals surface area contributed by atoms with Crippen LogP contribution >= 0.6 is 0 Å². The minimum Gasteiger partial charge on any atom is -0.389 e. The summed E-state index contributed by atoms with van der Waals surface area (Å²) in [5.74, 6) is 1.42. The van der Waals surface area contributed by atoms with E-state index in [0.717, 1.165) is 31.6 Å². The Hall–Kier alpha value is -0.940. The monoisotopic (exact) mass is 255 g/mol. The summed E-state index contributed by atoms with van der Waals surface area (Å²) in [5.41, 5.74) is -0.707. The van der Waals surface area contributed by atoms with Crippen LogP contribution in [0.2, 0.25) is 0 Å². The first-order valence-corrected chi connectivity index (χ1v) is 6.70. The van der Waals surface area contributed by atoms with Gasteiger partial charge in [-0.3, -0.25) is 4.90 Å². The van der Waals surface area contributed by atoms with Crippen molar-refractivity contribution in [2.24, 2.45) is 0 Å². The van der Waals surface area contributed by atoms with Crippen LogP contribution in [-0.2, 0) is 13.0 Å². The maximum absolute atomic E-state index is 9.81. The highest BCUT2D eigenvalue weighted by molar-refractivity contribution is 4.87. The van der Waals surface area contributed by atoms with Crippen LogP contribution < -0.4 is 0 Å². The topological polar surface area (TPSA) is 62.4 Å². The predicted octanol–water partition coefficient (Wildman–Crippen LogP) is 2.01. The molecule has 104 valence electrons. The van der Waals surface area contributed by atoms with Gasteiger partial charge in [0.15, 0.2) is 5.82 Å². The minimum atomic E-state index is -0.707. The molecule has 1 heterocycles. The van der Waals surface area contributed by atoms with Crippen LogP contribution in [0.4, 0.5) is 0 Å². The first kappa shape index (κ1) is 15.1. The van der Waals surface area contributed by atoms with E-state index in [2.05, 4.69) is 28.9 Å². The molecule has 1 N–H and O–H groups in total. The molecule has 0 bridgehead atoms. The molecular weight excluding hydrogens is 230 g/mol. The second kappa shape index (κ2) is 6.85. The second-order valence-electron chi connectivity index (χ2n) is 5.32. The smallest absolute Gasteiger partial charge is 0.240 e. The Morgan fingerprint density at radius 3 is 2.61 bits per heavy atom. The summed E-state index contributed by atoms with van der Waals surface area (Å²) in [7, 11) is 0. The average molecular weight is 255 g/mol. The molecule has 0 saturated carbocycles. The number of hydrogen-bond acceptors (Lipinski definition) is 5. The standard InChI is InChI=1S/C13H25N3O2/c1-5-7-8-11-14-12(18-15-11)9-16(6-2)10-13(3,4)17/h17H,5-10H2,1-4H3. The molecule has 5 nitrogen and oxygen atoms in total. The highest BCUT2D eigenvalue weighted by Gasteiger charge is 2.19. The Kier molecular flexibility index (Phi) is 5.75. The molecule has 1 aromatic heterocycles. The Labute approximate surface area is 109 Å². The van der Waals surface area contributed by atoms with Crippen molar-refractivity contribution in [2.45, 2.75) is 59.1 Å². The highest BCUT2D eigenvalue weighted by atomic mass is 16.5. The summed E-state index contributed by atoms with van der Waals surface area (Å²) >= 11 is 0. The molecule has 0 aliphatic rings. The summed E-state index contributed by atoms with van der Waals surface area (Å²) in [5, 5.41) is 13.8. The third kappa shape index (κ3) is 5.60. The van der Waals surface area contributed by atoms with Crippen molar-refractivity contribution in [3.05, 3.63) is 11.7 Å². The third-order valence-corrected chi connectivity index (χ3v) is 2.68. The average Bonchev–Trinajstić information content (AvgIpc) is 2.71. The Balaban J connectivity index is 2.51. The highest BCUT2D eigenvalue weighted by Crippen LogP contribution is 2.09. The number of rotatable bonds is 8. The normalized spacial score (nSPS) is 12.3. The summed E-state index contributed by atoms with van der Waals surface area (Å²) in [6.45, 7) is 9.84. The zero-order chi connectivity index (χ0) is 13.6. The summed E-state index contributed by atoms with van der Waals surface area (Å²) < 4.78 is 5.22. The van der Waals surface area contributed by atoms with Gasteiger partial charge >= 0.3 is 0 Å². The first-order chi connectivity index (χ1) is 8.44. The molecular formula is C13H25N3O2. The van der Waals surface area contributed by atoms with Crippen LogP contribution in [0.15, 0.2) is 4.52 Å². The molecule has 0 atom stereocenters. The SMILES string of the molecule is CCCCc1noc(CN(CC)CC(C)(C)O)n1. The van der Waals surface area contributed by atoms with E-state index in [1.54, 1.807) is 13.8 Å². The predicted molar refractivity (Wildman–Crippen MR) is 70.2 cm³/mol. The number of aliphatic hydroxyl groups is 1. The minimum absolute atomic E-state index is 0.593. The third-order valence-electron chi connectivity index (χ3n) is 2.68. The van der Waals surface area contributed by atoms with E-state index in [1.807, 2.05) is 0 Å². The van der Waals surface area contributed by atoms with Crippen LogP contribution in [0, 0.1) is 0 Å². The van der Waals surface area contributed by atoms with Gasteiger partial charge in [0.25, 0.3) is 0 Å². The van der Waals surface area contributed by atoms with Crippen LogP contribution in [-0.4, -0.2) is 38.8 Å². The Bertz CT molecular complexity index is 344. The van der Waals surface area contributed by atoms with Crippen LogP contribution in [0.25, 0.3) is 0 Å². The van der Waals surface area contributed by atoms with E-state index in [4.69, 9.17) is 4.52 Å². The molecule has 0 aliphatic heterocycles. The molecule has 1 aromatic rings. The van der Waals surface area contributed by atoms with E-state index in [0.29, 0.717) is 19.0 Å². The van der Waals surface area contributed by atoms with Crippen molar-refractivity contribution in [2.75, 3.05) is 13.1 Å². The second-order valence-corrected chi connectivity index (χ2v) is 5.32. The van der Waals surface area contributed by atoms with Crippen molar-refractivity contribution in [3.8, 4) is 0 Å². The lowest BCUT2D eigenvalue weighted by atomic mass is 10.1. The molecule has 0 aliphatic carbocycles. The zero-order valence-electron chi connectivity index (χ0n) is 11.9. The lowest BCUT2D eigenvalue weighted by Gasteiger charge is -2.26. The van der Waals surface area contributed by atoms with E-state index >= 15 is 0 Å². The van der Waals surface area contributed by atoms with Crippen LogP contribution in [0.3, 0.4) is 0 Å². The molecule has 1 rings (SSSR count). The number of nitrogens with zero attached hydrogens (tertiary/aromatic N) is 3. The van der Waals surface area contributed by atoms with Crippen molar-refractivity contribution in [3.63, 3.8) is 0 Å². The molecule has 5 heteroatoms. The van der Waals surface area contributed by atoms with Gasteiger partial charge in [0.2, 0.25) is 5.89 Å². The van der Waals surface area contributed by atoms with Crippen LogP contribution in [0.5, 0.6) is 0 Å². The van der Waals surface area contributed by atoms with Gasteiger partial charge in [-0.05, 0) is 26.8 Å². The zero-order valence-corrected chi connectivity index (χ0v) is 11.9. The first-order valence-electron chi connectivity index (χ1n) is 6.70. The van der Waals surface area contributed by atoms with Crippen molar-refractivity contribution >= 4 is 0 Å². The van der Waals surface area contributed by atoms with E-state index < -0.39 is 5.60 Å². The number of likely N-dealkylation sites (N-methyl/N-ethyl adjacent to an activating group) is 1. The van der Waals surface area contributed by atoms with Crippen molar-refractivity contribution < 1.29 is 9.63 Å². The van der Waals surface area contributed by atoms with Gasteiger partial charge in [0.1, 0.15) is 0 Å². The quantitative estimate of drug-likeness (QED) is 0.770. The van der Waals surface area contributed by atoms with Crippen molar-refractivity contribution in [1.29, 1.82) is 0 Å². The van der Waals surface area contributed by atoms with E-state index in [-0.39, 0.29) is 0 Å². The Morgan fingerprint density at radius 1 is 1.33 bits per heavy atom. The molecule has 0 fully saturated rings. The van der Waals surface area contributed by atoms with Gasteiger partial charge in [-0.15, -0.1) is 0 Å². The van der Waals surface area contributed by atoms with Gasteiger partial charge in [0.05, 0.1) is 12.1 Å². The molecule has 0 aromatic carbocycles. The van der Waals surface area contributed by atoms with E-state index in [9.17, 15) is 5.11 Å². The Morgan fingerprint density at radius 2 is 2.06 bits per heavy atom. The molecule has 0 amide bonds. The van der Waals surface area contributed by atoms with E-state index in [1.165, 1.54) is 0 Å². The maximum Gasteiger partial charge on any atom is 0.240 e. The van der Waals surface area contributed by atoms with Crippen molar-refractivity contribution in [1.82, 2.24) is 15.0 Å². The van der Waals surface area contributed by atoms with Gasteiger partial charge in [-0.2, -0.15) is 4.98 Å². The summed E-state index contributed by atoms with van der Waals surface area (Å²) in [6.07, 6.45) is 3.08. The fraction of sp³-hybridized carbons (Fsp3) is 0.846.